The lowest BCUT2D eigenvalue weighted by molar-refractivity contribution is -0.400. The van der Waals surface area contributed by atoms with Crippen molar-refractivity contribution in [2.45, 2.75) is 19.8 Å². The Morgan fingerprint density at radius 2 is 2.00 bits per heavy atom. The highest BCUT2D eigenvalue weighted by molar-refractivity contribution is 5.53. The highest BCUT2D eigenvalue weighted by atomic mass is 16.6. The van der Waals surface area contributed by atoms with Crippen molar-refractivity contribution in [3.8, 4) is 0 Å². The molecule has 0 unspecified atom stereocenters. The van der Waals surface area contributed by atoms with Crippen LogP contribution >= 0.6 is 0 Å². The summed E-state index contributed by atoms with van der Waals surface area (Å²) in [5.74, 6) is 0.377. The molecule has 0 fully saturated rings. The van der Waals surface area contributed by atoms with Gasteiger partial charge in [-0.15, -0.1) is 0 Å². The van der Waals surface area contributed by atoms with E-state index in [1.165, 1.54) is 6.08 Å². The smallest absolute Gasteiger partial charge is 0.235 e. The van der Waals surface area contributed by atoms with Crippen LogP contribution in [0.4, 0.5) is 0 Å². The van der Waals surface area contributed by atoms with Gasteiger partial charge in [0.25, 0.3) is 0 Å². The Labute approximate surface area is 83.2 Å². The first kappa shape index (κ1) is 10.4. The molecule has 0 aliphatic heterocycles. The zero-order valence-electron chi connectivity index (χ0n) is 8.31. The molecule has 3 heteroatoms. The van der Waals surface area contributed by atoms with E-state index >= 15 is 0 Å². The van der Waals surface area contributed by atoms with Gasteiger partial charge in [-0.3, -0.25) is 10.1 Å². The summed E-state index contributed by atoms with van der Waals surface area (Å²) in [6.45, 7) is 4.14. The van der Waals surface area contributed by atoms with Crippen LogP contribution in [0.2, 0.25) is 0 Å². The molecule has 1 rings (SSSR count). The monoisotopic (exact) mass is 191 g/mol. The first-order valence-electron chi connectivity index (χ1n) is 4.52. The molecule has 0 heterocycles. The van der Waals surface area contributed by atoms with Crippen molar-refractivity contribution < 1.29 is 4.92 Å². The Hall–Kier alpha value is -1.64. The molecule has 0 saturated carbocycles. The van der Waals surface area contributed by atoms with Gasteiger partial charge in [-0.05, 0) is 17.0 Å². The lowest BCUT2D eigenvalue weighted by Crippen LogP contribution is -1.91. The molecule has 0 saturated heterocycles. The summed E-state index contributed by atoms with van der Waals surface area (Å²) in [6.07, 6.45) is 2.51. The summed E-state index contributed by atoms with van der Waals surface area (Å²) in [4.78, 5) is 9.73. The molecule has 14 heavy (non-hydrogen) atoms. The van der Waals surface area contributed by atoms with Gasteiger partial charge in [-0.1, -0.05) is 38.1 Å². The van der Waals surface area contributed by atoms with Crippen LogP contribution in [0.1, 0.15) is 30.9 Å². The van der Waals surface area contributed by atoms with Crippen molar-refractivity contribution in [3.05, 3.63) is 51.7 Å². The quantitative estimate of drug-likeness (QED) is 0.544. The Bertz CT molecular complexity index is 356. The summed E-state index contributed by atoms with van der Waals surface area (Å²) in [6, 6.07) is 7.70. The standard InChI is InChI=1S/C11H13NO2/c1-9(2)11-6-4-3-5-10(11)7-8-12(13)14/h3-9H,1-2H3/b8-7+. The van der Waals surface area contributed by atoms with Gasteiger partial charge in [0, 0.05) is 6.08 Å². The minimum Gasteiger partial charge on any atom is -0.259 e. The molecule has 74 valence electrons. The topological polar surface area (TPSA) is 43.1 Å². The van der Waals surface area contributed by atoms with Crippen LogP contribution < -0.4 is 0 Å². The highest BCUT2D eigenvalue weighted by Gasteiger charge is 2.03. The first-order valence-corrected chi connectivity index (χ1v) is 4.52. The molecule has 0 radical (unpaired) electrons. The molecular weight excluding hydrogens is 178 g/mol. The van der Waals surface area contributed by atoms with Crippen LogP contribution in [0.15, 0.2) is 30.5 Å². The largest absolute Gasteiger partial charge is 0.259 e. The lowest BCUT2D eigenvalue weighted by atomic mass is 9.97. The van der Waals surface area contributed by atoms with Gasteiger partial charge in [0.1, 0.15) is 0 Å². The molecule has 0 aromatic heterocycles. The van der Waals surface area contributed by atoms with E-state index in [0.717, 1.165) is 17.3 Å². The minimum absolute atomic E-state index is 0.377. The average Bonchev–Trinajstić information content (AvgIpc) is 2.15. The molecule has 0 atom stereocenters. The normalized spacial score (nSPS) is 11.1. The van der Waals surface area contributed by atoms with E-state index in [1.807, 2.05) is 24.3 Å². The van der Waals surface area contributed by atoms with Gasteiger partial charge in [0.2, 0.25) is 6.20 Å². The van der Waals surface area contributed by atoms with Crippen molar-refractivity contribution >= 4 is 6.08 Å². The summed E-state index contributed by atoms with van der Waals surface area (Å²) in [5, 5.41) is 10.2. The summed E-state index contributed by atoms with van der Waals surface area (Å²) < 4.78 is 0. The number of hydrogen-bond acceptors (Lipinski definition) is 2. The van der Waals surface area contributed by atoms with Crippen molar-refractivity contribution in [2.24, 2.45) is 0 Å². The van der Waals surface area contributed by atoms with Crippen molar-refractivity contribution in [1.82, 2.24) is 0 Å². The number of nitrogens with zero attached hydrogens (tertiary/aromatic N) is 1. The number of rotatable bonds is 3. The number of benzene rings is 1. The number of nitro groups is 1. The molecule has 1 aromatic carbocycles. The van der Waals surface area contributed by atoms with Crippen LogP contribution in [-0.4, -0.2) is 4.92 Å². The van der Waals surface area contributed by atoms with Gasteiger partial charge in [-0.2, -0.15) is 0 Å². The van der Waals surface area contributed by atoms with Gasteiger partial charge in [-0.25, -0.2) is 0 Å². The second kappa shape index (κ2) is 4.56. The summed E-state index contributed by atoms with van der Waals surface area (Å²) in [5.41, 5.74) is 2.05. The Kier molecular flexibility index (Phi) is 3.40. The molecule has 0 aliphatic rings. The lowest BCUT2D eigenvalue weighted by Gasteiger charge is -2.07. The maximum Gasteiger partial charge on any atom is 0.235 e. The van der Waals surface area contributed by atoms with Crippen LogP contribution in [-0.2, 0) is 0 Å². The van der Waals surface area contributed by atoms with E-state index in [1.54, 1.807) is 0 Å². The first-order chi connectivity index (χ1) is 6.61. The van der Waals surface area contributed by atoms with Gasteiger partial charge < -0.3 is 0 Å². The maximum absolute atomic E-state index is 10.2. The average molecular weight is 191 g/mol. The Balaban J connectivity index is 3.01. The van der Waals surface area contributed by atoms with E-state index in [4.69, 9.17) is 0 Å². The maximum atomic E-state index is 10.2. The second-order valence-corrected chi connectivity index (χ2v) is 3.38. The minimum atomic E-state index is -0.447. The molecule has 3 nitrogen and oxygen atoms in total. The zero-order valence-corrected chi connectivity index (χ0v) is 8.31. The van der Waals surface area contributed by atoms with E-state index in [9.17, 15) is 10.1 Å². The predicted molar refractivity (Wildman–Crippen MR) is 56.6 cm³/mol. The van der Waals surface area contributed by atoms with Crippen LogP contribution in [0.3, 0.4) is 0 Å². The molecule has 0 amide bonds. The summed E-state index contributed by atoms with van der Waals surface area (Å²) >= 11 is 0. The van der Waals surface area contributed by atoms with Gasteiger partial charge >= 0.3 is 0 Å². The molecule has 0 N–H and O–H groups in total. The molecule has 0 bridgehead atoms. The third kappa shape index (κ3) is 2.69. The SMILES string of the molecule is CC(C)c1ccccc1/C=C/[N+](=O)[O-]. The van der Waals surface area contributed by atoms with Crippen molar-refractivity contribution in [3.63, 3.8) is 0 Å². The second-order valence-electron chi connectivity index (χ2n) is 3.38. The highest BCUT2D eigenvalue weighted by Crippen LogP contribution is 2.19. The Morgan fingerprint density at radius 3 is 2.57 bits per heavy atom. The fourth-order valence-electron chi connectivity index (χ4n) is 1.33. The fraction of sp³-hybridized carbons (Fsp3) is 0.273. The van der Waals surface area contributed by atoms with Crippen LogP contribution in [0.25, 0.3) is 6.08 Å². The molecule has 0 spiro atoms. The van der Waals surface area contributed by atoms with Crippen molar-refractivity contribution in [2.75, 3.05) is 0 Å². The van der Waals surface area contributed by atoms with E-state index in [2.05, 4.69) is 13.8 Å². The number of hydrogen-bond donors (Lipinski definition) is 0. The van der Waals surface area contributed by atoms with Crippen LogP contribution in [0.5, 0.6) is 0 Å². The van der Waals surface area contributed by atoms with Gasteiger partial charge in [0.05, 0.1) is 4.92 Å². The van der Waals surface area contributed by atoms with Crippen LogP contribution in [0, 0.1) is 10.1 Å². The predicted octanol–water partition coefficient (Wildman–Crippen LogP) is 3.06. The van der Waals surface area contributed by atoms with Crippen molar-refractivity contribution in [1.29, 1.82) is 0 Å². The third-order valence-corrected chi connectivity index (χ3v) is 1.99. The van der Waals surface area contributed by atoms with Gasteiger partial charge in [0.15, 0.2) is 0 Å². The molecular formula is C11H13NO2. The van der Waals surface area contributed by atoms with E-state index in [0.29, 0.717) is 5.92 Å². The fourth-order valence-corrected chi connectivity index (χ4v) is 1.33. The van der Waals surface area contributed by atoms with E-state index in [-0.39, 0.29) is 0 Å². The Morgan fingerprint density at radius 1 is 1.36 bits per heavy atom. The van der Waals surface area contributed by atoms with E-state index < -0.39 is 4.92 Å². The zero-order chi connectivity index (χ0) is 10.6. The molecule has 0 aliphatic carbocycles. The third-order valence-electron chi connectivity index (χ3n) is 1.99. The summed E-state index contributed by atoms with van der Waals surface area (Å²) in [7, 11) is 0. The molecule has 1 aromatic rings.